The summed E-state index contributed by atoms with van der Waals surface area (Å²) in [6.45, 7) is 0. The number of rotatable bonds is 6. The normalized spacial score (nSPS) is 11.4. The van der Waals surface area contributed by atoms with Gasteiger partial charge in [0.2, 0.25) is 0 Å². The molecule has 1 aromatic heterocycles. The van der Waals surface area contributed by atoms with Crippen LogP contribution >= 0.6 is 0 Å². The number of nitriles is 1. The minimum atomic E-state index is -0.521. The van der Waals surface area contributed by atoms with E-state index in [1.54, 1.807) is 50.7 Å². The van der Waals surface area contributed by atoms with E-state index in [0.29, 0.717) is 28.5 Å². The molecule has 28 heavy (non-hydrogen) atoms. The summed E-state index contributed by atoms with van der Waals surface area (Å²) in [5.41, 5.74) is 1.72. The molecule has 0 bridgehead atoms. The molecule has 0 saturated heterocycles. The van der Waals surface area contributed by atoms with Crippen molar-refractivity contribution in [2.75, 3.05) is 14.2 Å². The predicted molar refractivity (Wildman–Crippen MR) is 103 cm³/mol. The number of nitrogens with zero attached hydrogens (tertiary/aromatic N) is 3. The lowest BCUT2D eigenvalue weighted by Crippen LogP contribution is -2.31. The van der Waals surface area contributed by atoms with Crippen LogP contribution in [0.1, 0.15) is 33.4 Å². The molecule has 0 saturated carbocycles. The van der Waals surface area contributed by atoms with E-state index in [-0.39, 0.29) is 5.91 Å². The maximum absolute atomic E-state index is 12.8. The average molecular weight is 376 g/mol. The number of nitrogens with one attached hydrogen (secondary N) is 1. The fraction of sp³-hybridized carbons (Fsp3) is 0.190. The molecule has 0 fully saturated rings. The Balaban J connectivity index is 2.00. The Morgan fingerprint density at radius 1 is 1.14 bits per heavy atom. The third-order valence-corrected chi connectivity index (χ3v) is 4.38. The number of aryl methyl sites for hydroxylation is 1. The molecular weight excluding hydrogens is 356 g/mol. The Morgan fingerprint density at radius 3 is 2.29 bits per heavy atom. The zero-order valence-electron chi connectivity index (χ0n) is 15.8. The van der Waals surface area contributed by atoms with Crippen LogP contribution in [0.25, 0.3) is 0 Å². The van der Waals surface area contributed by atoms with Crippen LogP contribution in [0.2, 0.25) is 0 Å². The van der Waals surface area contributed by atoms with Crippen LogP contribution in [0.5, 0.6) is 11.5 Å². The van der Waals surface area contributed by atoms with Crippen molar-refractivity contribution in [1.82, 2.24) is 14.9 Å². The zero-order chi connectivity index (χ0) is 20.1. The summed E-state index contributed by atoms with van der Waals surface area (Å²) in [5.74, 6) is 1.61. The number of amides is 1. The maximum Gasteiger partial charge on any atom is 0.252 e. The lowest BCUT2D eigenvalue weighted by molar-refractivity contribution is 0.0941. The van der Waals surface area contributed by atoms with Crippen molar-refractivity contribution in [1.29, 1.82) is 5.26 Å². The Morgan fingerprint density at radius 2 is 1.79 bits per heavy atom. The first kappa shape index (κ1) is 19.0. The summed E-state index contributed by atoms with van der Waals surface area (Å²) in [4.78, 5) is 17.3. The van der Waals surface area contributed by atoms with Crippen LogP contribution in [0.3, 0.4) is 0 Å². The number of hydrogen-bond acceptors (Lipinski definition) is 5. The molecule has 142 valence electrons. The minimum Gasteiger partial charge on any atom is -0.497 e. The van der Waals surface area contributed by atoms with Gasteiger partial charge in [0, 0.05) is 31.1 Å². The molecule has 2 aromatic carbocycles. The quantitative estimate of drug-likeness (QED) is 0.715. The molecule has 0 aliphatic carbocycles. The summed E-state index contributed by atoms with van der Waals surface area (Å²) in [6, 6.07) is 13.4. The molecule has 0 radical (unpaired) electrons. The fourth-order valence-corrected chi connectivity index (χ4v) is 2.86. The number of ether oxygens (including phenoxy) is 2. The van der Waals surface area contributed by atoms with E-state index in [4.69, 9.17) is 14.7 Å². The topological polar surface area (TPSA) is 89.2 Å². The predicted octanol–water partition coefficient (Wildman–Crippen LogP) is 2.83. The van der Waals surface area contributed by atoms with E-state index in [2.05, 4.69) is 10.3 Å². The molecule has 1 unspecified atom stereocenters. The highest BCUT2D eigenvalue weighted by Crippen LogP contribution is 2.29. The Bertz CT molecular complexity index is 997. The van der Waals surface area contributed by atoms with E-state index in [9.17, 15) is 4.79 Å². The zero-order valence-corrected chi connectivity index (χ0v) is 15.8. The Hall–Kier alpha value is -3.79. The molecule has 7 nitrogen and oxygen atoms in total. The van der Waals surface area contributed by atoms with Gasteiger partial charge in [-0.1, -0.05) is 0 Å². The molecule has 1 heterocycles. The van der Waals surface area contributed by atoms with Gasteiger partial charge in [-0.3, -0.25) is 4.79 Å². The van der Waals surface area contributed by atoms with Crippen LogP contribution in [-0.2, 0) is 7.05 Å². The van der Waals surface area contributed by atoms with Gasteiger partial charge in [0.25, 0.3) is 5.91 Å². The Kier molecular flexibility index (Phi) is 5.61. The number of carbonyl (C=O) groups is 1. The highest BCUT2D eigenvalue weighted by Gasteiger charge is 2.23. The van der Waals surface area contributed by atoms with Crippen molar-refractivity contribution < 1.29 is 14.3 Å². The van der Waals surface area contributed by atoms with Crippen LogP contribution in [0.4, 0.5) is 0 Å². The number of benzene rings is 2. The van der Waals surface area contributed by atoms with Gasteiger partial charge in [0.15, 0.2) is 0 Å². The van der Waals surface area contributed by atoms with Crippen molar-refractivity contribution in [3.63, 3.8) is 0 Å². The summed E-state index contributed by atoms with van der Waals surface area (Å²) >= 11 is 0. The summed E-state index contributed by atoms with van der Waals surface area (Å²) in [5, 5.41) is 11.9. The van der Waals surface area contributed by atoms with E-state index < -0.39 is 6.04 Å². The first-order valence-electron chi connectivity index (χ1n) is 8.57. The van der Waals surface area contributed by atoms with Crippen LogP contribution in [0.15, 0.2) is 54.9 Å². The van der Waals surface area contributed by atoms with Gasteiger partial charge in [0.1, 0.15) is 23.4 Å². The molecule has 0 aliphatic rings. The second-order valence-electron chi connectivity index (χ2n) is 6.14. The van der Waals surface area contributed by atoms with Gasteiger partial charge < -0.3 is 19.4 Å². The SMILES string of the molecule is COc1cc(OC)cc(C(NC(=O)c2ccc(C#N)cc2)c2nccn2C)c1. The summed E-state index contributed by atoms with van der Waals surface area (Å²) in [6.07, 6.45) is 3.49. The fourth-order valence-electron chi connectivity index (χ4n) is 2.86. The first-order valence-corrected chi connectivity index (χ1v) is 8.57. The maximum atomic E-state index is 12.8. The van der Waals surface area contributed by atoms with E-state index in [1.165, 1.54) is 0 Å². The number of methoxy groups -OCH3 is 2. The number of carbonyl (C=O) groups excluding carboxylic acids is 1. The van der Waals surface area contributed by atoms with Crippen molar-refractivity contribution in [2.24, 2.45) is 7.05 Å². The second kappa shape index (κ2) is 8.27. The van der Waals surface area contributed by atoms with Gasteiger partial charge in [-0.15, -0.1) is 0 Å². The molecule has 1 amide bonds. The Labute approximate surface area is 163 Å². The molecule has 7 heteroatoms. The first-order chi connectivity index (χ1) is 13.5. The average Bonchev–Trinajstić information content (AvgIpc) is 3.16. The van der Waals surface area contributed by atoms with Gasteiger partial charge in [0.05, 0.1) is 25.9 Å². The van der Waals surface area contributed by atoms with Gasteiger partial charge in [-0.25, -0.2) is 4.98 Å². The monoisotopic (exact) mass is 376 g/mol. The third kappa shape index (κ3) is 3.96. The van der Waals surface area contributed by atoms with Crippen LogP contribution in [-0.4, -0.2) is 29.7 Å². The lowest BCUT2D eigenvalue weighted by atomic mass is 10.0. The minimum absolute atomic E-state index is 0.278. The third-order valence-electron chi connectivity index (χ3n) is 4.38. The highest BCUT2D eigenvalue weighted by atomic mass is 16.5. The number of imidazole rings is 1. The molecule has 0 aliphatic heterocycles. The van der Waals surface area contributed by atoms with E-state index >= 15 is 0 Å². The number of hydrogen-bond donors (Lipinski definition) is 1. The molecule has 3 aromatic rings. The van der Waals surface area contributed by atoms with E-state index in [1.807, 2.05) is 36.0 Å². The summed E-state index contributed by atoms with van der Waals surface area (Å²) in [7, 11) is 5.01. The van der Waals surface area contributed by atoms with Crippen molar-refractivity contribution in [3.05, 3.63) is 77.4 Å². The van der Waals surface area contributed by atoms with Crippen molar-refractivity contribution in [2.45, 2.75) is 6.04 Å². The van der Waals surface area contributed by atoms with Gasteiger partial charge in [-0.2, -0.15) is 5.26 Å². The molecular formula is C21H20N4O3. The van der Waals surface area contributed by atoms with Gasteiger partial charge in [-0.05, 0) is 42.0 Å². The van der Waals surface area contributed by atoms with Crippen LogP contribution < -0.4 is 14.8 Å². The summed E-state index contributed by atoms with van der Waals surface area (Å²) < 4.78 is 12.6. The van der Waals surface area contributed by atoms with Crippen LogP contribution in [0, 0.1) is 11.3 Å². The second-order valence-corrected chi connectivity index (χ2v) is 6.14. The lowest BCUT2D eigenvalue weighted by Gasteiger charge is -2.20. The standard InChI is InChI=1S/C21H20N4O3/c1-25-9-8-23-20(25)19(16-10-17(27-2)12-18(11-16)28-3)24-21(26)15-6-4-14(13-22)5-7-15/h4-12,19H,1-3H3,(H,24,26). The van der Waals surface area contributed by atoms with Crippen molar-refractivity contribution in [3.8, 4) is 17.6 Å². The largest absolute Gasteiger partial charge is 0.497 e. The molecule has 0 spiro atoms. The molecule has 1 N–H and O–H groups in total. The van der Waals surface area contributed by atoms with Crippen molar-refractivity contribution >= 4 is 5.91 Å². The highest BCUT2D eigenvalue weighted by molar-refractivity contribution is 5.94. The van der Waals surface area contributed by atoms with E-state index in [0.717, 1.165) is 5.56 Å². The number of aromatic nitrogens is 2. The van der Waals surface area contributed by atoms with Gasteiger partial charge >= 0.3 is 0 Å². The smallest absolute Gasteiger partial charge is 0.252 e. The molecule has 1 atom stereocenters. The molecule has 3 rings (SSSR count).